The van der Waals surface area contributed by atoms with Crippen molar-refractivity contribution in [1.82, 2.24) is 5.32 Å². The van der Waals surface area contributed by atoms with Gasteiger partial charge in [-0.2, -0.15) is 0 Å². The molecule has 0 saturated carbocycles. The van der Waals surface area contributed by atoms with Gasteiger partial charge in [0.15, 0.2) is 0 Å². The average molecular weight is 1090 g/mol. The van der Waals surface area contributed by atoms with Crippen LogP contribution in [0.25, 0.3) is 0 Å². The number of unbranched alkanes of at least 4 members (excludes halogenated alkanes) is 19. The van der Waals surface area contributed by atoms with Crippen molar-refractivity contribution in [3.05, 3.63) is 146 Å². The third-order valence-corrected chi connectivity index (χ3v) is 13.7. The Hall–Kier alpha value is -3.62. The first-order valence-corrected chi connectivity index (χ1v) is 32.2. The lowest BCUT2D eigenvalue weighted by Crippen LogP contribution is -2.45. The molecule has 0 saturated heterocycles. The van der Waals surface area contributed by atoms with Gasteiger partial charge in [0.1, 0.15) is 13.2 Å². The second-order valence-corrected chi connectivity index (χ2v) is 22.7. The molecule has 0 radical (unpaired) electrons. The van der Waals surface area contributed by atoms with Gasteiger partial charge in [0.25, 0.3) is 7.82 Å². The minimum Gasteiger partial charge on any atom is -0.756 e. The molecule has 0 fully saturated rings. The number of amides is 1. The fourth-order valence-corrected chi connectivity index (χ4v) is 8.74. The lowest BCUT2D eigenvalue weighted by atomic mass is 10.0. The largest absolute Gasteiger partial charge is 0.756 e. The van der Waals surface area contributed by atoms with Gasteiger partial charge >= 0.3 is 0 Å². The lowest BCUT2D eigenvalue weighted by molar-refractivity contribution is -0.870. The van der Waals surface area contributed by atoms with E-state index in [0.717, 1.165) is 128 Å². The van der Waals surface area contributed by atoms with Gasteiger partial charge in [-0.25, -0.2) is 0 Å². The number of allylic oxidation sites excluding steroid dienone is 23. The molecule has 0 bridgehead atoms. The number of aliphatic hydroxyl groups excluding tert-OH is 1. The molecule has 0 rings (SSSR count). The molecule has 438 valence electrons. The molecule has 0 aromatic rings. The minimum atomic E-state index is -4.62. The van der Waals surface area contributed by atoms with E-state index in [0.29, 0.717) is 17.4 Å². The number of likely N-dealkylation sites (N-methyl/N-ethyl adjacent to an activating group) is 1. The number of nitrogens with zero attached hydrogens (tertiary/aromatic N) is 1. The van der Waals surface area contributed by atoms with E-state index in [-0.39, 0.29) is 12.5 Å². The SMILES string of the molecule is CC/C=C\C/C=C\C/C=C\C/C=C\C/C=C\C/C=C\C/C=C\C/C=C\C/C=C\C/C=C\CCCCCCCCC(=O)NC(COP(=O)([O-])OCC[N+](C)(C)C)C(O)/C=C/CC/C=C/CCCCCCCCCCCCCC. The van der Waals surface area contributed by atoms with E-state index in [4.69, 9.17) is 9.05 Å². The van der Waals surface area contributed by atoms with Crippen molar-refractivity contribution < 1.29 is 32.9 Å². The van der Waals surface area contributed by atoms with Gasteiger partial charge in [0.05, 0.1) is 39.9 Å². The molecule has 3 unspecified atom stereocenters. The normalized spacial score (nSPS) is 14.8. The Labute approximate surface area is 474 Å². The zero-order valence-corrected chi connectivity index (χ0v) is 50.7. The first-order valence-electron chi connectivity index (χ1n) is 30.7. The second-order valence-electron chi connectivity index (χ2n) is 21.3. The number of nitrogens with one attached hydrogen (secondary N) is 1. The van der Waals surface area contributed by atoms with E-state index in [1.165, 1.54) is 77.0 Å². The van der Waals surface area contributed by atoms with E-state index in [2.05, 4.69) is 153 Å². The Morgan fingerprint density at radius 2 is 0.805 bits per heavy atom. The average Bonchev–Trinajstić information content (AvgIpc) is 3.39. The van der Waals surface area contributed by atoms with Crippen LogP contribution in [0, 0.1) is 0 Å². The van der Waals surface area contributed by atoms with Crippen molar-refractivity contribution in [3.8, 4) is 0 Å². The molecule has 2 N–H and O–H groups in total. The summed E-state index contributed by atoms with van der Waals surface area (Å²) in [6.07, 6.45) is 87.9. The molecule has 77 heavy (non-hydrogen) atoms. The molecular weight excluding hydrogens is 972 g/mol. The summed E-state index contributed by atoms with van der Waals surface area (Å²) in [6.45, 7) is 4.49. The summed E-state index contributed by atoms with van der Waals surface area (Å²) in [7, 11) is 1.21. The van der Waals surface area contributed by atoms with Gasteiger partial charge in [-0.05, 0) is 109 Å². The number of carbonyl (C=O) groups excluding carboxylic acids is 1. The Balaban J connectivity index is 4.25. The first kappa shape index (κ1) is 73.4. The maximum atomic E-state index is 13.0. The monoisotopic (exact) mass is 1090 g/mol. The van der Waals surface area contributed by atoms with Gasteiger partial charge in [-0.1, -0.05) is 256 Å². The molecule has 0 aromatic carbocycles. The Morgan fingerprint density at radius 3 is 1.21 bits per heavy atom. The number of carbonyl (C=O) groups is 1. The van der Waals surface area contributed by atoms with Gasteiger partial charge in [-0.15, -0.1) is 0 Å². The van der Waals surface area contributed by atoms with Gasteiger partial charge in [0, 0.05) is 6.42 Å². The number of aliphatic hydroxyl groups is 1. The summed E-state index contributed by atoms with van der Waals surface area (Å²) in [4.78, 5) is 25.5. The molecule has 8 nitrogen and oxygen atoms in total. The molecule has 0 aliphatic carbocycles. The summed E-state index contributed by atoms with van der Waals surface area (Å²) in [5.41, 5.74) is 0. The van der Waals surface area contributed by atoms with Gasteiger partial charge < -0.3 is 28.8 Å². The van der Waals surface area contributed by atoms with Crippen LogP contribution in [0.2, 0.25) is 0 Å². The van der Waals surface area contributed by atoms with Crippen molar-refractivity contribution in [2.24, 2.45) is 0 Å². The number of rotatable bonds is 54. The Bertz CT molecular complexity index is 1760. The van der Waals surface area contributed by atoms with Crippen LogP contribution in [0.4, 0.5) is 0 Å². The van der Waals surface area contributed by atoms with Crippen LogP contribution in [0.1, 0.15) is 226 Å². The maximum absolute atomic E-state index is 13.0. The molecule has 0 aliphatic rings. The molecular formula is C68H115N2O6P. The number of phosphoric ester groups is 1. The van der Waals surface area contributed by atoms with Crippen molar-refractivity contribution in [2.45, 2.75) is 238 Å². The van der Waals surface area contributed by atoms with Crippen molar-refractivity contribution >= 4 is 13.7 Å². The third-order valence-electron chi connectivity index (χ3n) is 12.8. The van der Waals surface area contributed by atoms with Crippen LogP contribution in [-0.2, 0) is 18.4 Å². The van der Waals surface area contributed by atoms with E-state index in [1.807, 2.05) is 27.2 Å². The topological polar surface area (TPSA) is 108 Å². The zero-order chi connectivity index (χ0) is 56.3. The molecule has 0 aliphatic heterocycles. The predicted molar refractivity (Wildman–Crippen MR) is 334 cm³/mol. The van der Waals surface area contributed by atoms with E-state index in [9.17, 15) is 19.4 Å². The number of hydrogen-bond donors (Lipinski definition) is 2. The quantitative estimate of drug-likeness (QED) is 0.0272. The van der Waals surface area contributed by atoms with Crippen molar-refractivity contribution in [3.63, 3.8) is 0 Å². The highest BCUT2D eigenvalue weighted by atomic mass is 31.2. The van der Waals surface area contributed by atoms with Crippen molar-refractivity contribution in [2.75, 3.05) is 40.9 Å². The summed E-state index contributed by atoms with van der Waals surface area (Å²) in [6, 6.07) is -0.923. The summed E-state index contributed by atoms with van der Waals surface area (Å²) >= 11 is 0. The molecule has 0 heterocycles. The predicted octanol–water partition coefficient (Wildman–Crippen LogP) is 18.6. The Kier molecular flexibility index (Phi) is 54.4. The fourth-order valence-electron chi connectivity index (χ4n) is 8.02. The van der Waals surface area contributed by atoms with Crippen LogP contribution in [-0.4, -0.2) is 68.5 Å². The molecule has 1 amide bonds. The van der Waals surface area contributed by atoms with E-state index >= 15 is 0 Å². The van der Waals surface area contributed by atoms with Crippen LogP contribution in [0.15, 0.2) is 146 Å². The minimum absolute atomic E-state index is 0.0172. The summed E-state index contributed by atoms with van der Waals surface area (Å²) in [5.74, 6) is -0.228. The van der Waals surface area contributed by atoms with Crippen LogP contribution < -0.4 is 10.2 Å². The van der Waals surface area contributed by atoms with Crippen molar-refractivity contribution in [1.29, 1.82) is 0 Å². The highest BCUT2D eigenvalue weighted by Gasteiger charge is 2.23. The highest BCUT2D eigenvalue weighted by Crippen LogP contribution is 2.38. The number of quaternary nitrogens is 1. The van der Waals surface area contributed by atoms with Crippen LogP contribution in [0.3, 0.4) is 0 Å². The number of hydrogen-bond acceptors (Lipinski definition) is 6. The summed E-state index contributed by atoms with van der Waals surface area (Å²) < 4.78 is 23.3. The fraction of sp³-hybridized carbons (Fsp3) is 0.632. The first-order chi connectivity index (χ1) is 37.5. The van der Waals surface area contributed by atoms with Gasteiger partial charge in [0.2, 0.25) is 5.91 Å². The standard InChI is InChI=1S/C68H115N2O6P/c1-6-8-10-12-14-16-18-20-22-24-26-27-28-29-30-31-32-33-34-35-36-37-38-39-40-41-42-43-44-46-48-50-52-54-56-58-60-62-68(72)69-66(65-76-77(73,74)75-64-63-70(3,4)5)67(71)61-59-57-55-53-51-49-47-45-25-23-21-19-17-15-13-11-9-7-2/h8,10,14,16,20,22,26-27,29-30,32-33,35-36,38-39,41-42,44,46,51,53,59,61,66-67,71H,6-7,9,11-13,15,17-19,21,23-25,28,31,34,37,40,43,45,47-50,52,54-58,60,62-65H2,1-5H3,(H-,69,72,73,74)/b10-8-,16-14-,22-20-,27-26-,30-29-,33-32-,36-35-,39-38-,42-41-,46-44-,53-51+,61-59+. The molecule has 0 spiro atoms. The van der Waals surface area contributed by atoms with Crippen LogP contribution >= 0.6 is 7.82 Å². The van der Waals surface area contributed by atoms with Gasteiger partial charge in [-0.3, -0.25) is 9.36 Å². The van der Waals surface area contributed by atoms with E-state index in [1.54, 1.807) is 6.08 Å². The maximum Gasteiger partial charge on any atom is 0.268 e. The zero-order valence-electron chi connectivity index (χ0n) is 49.8. The summed E-state index contributed by atoms with van der Waals surface area (Å²) in [5, 5.41) is 13.9. The molecule has 0 aromatic heterocycles. The lowest BCUT2D eigenvalue weighted by Gasteiger charge is -2.29. The van der Waals surface area contributed by atoms with Crippen LogP contribution in [0.5, 0.6) is 0 Å². The molecule has 9 heteroatoms. The molecule has 3 atom stereocenters. The van der Waals surface area contributed by atoms with E-state index < -0.39 is 26.6 Å². The second kappa shape index (κ2) is 57.1. The Morgan fingerprint density at radius 1 is 0.468 bits per heavy atom. The third kappa shape index (κ3) is 59.9. The smallest absolute Gasteiger partial charge is 0.268 e. The number of phosphoric acid groups is 1. The highest BCUT2D eigenvalue weighted by molar-refractivity contribution is 7.45.